The molecule has 2 aliphatic carbocycles. The fraction of sp³-hybridized carbons (Fsp3) is 0.800. The molecule has 3 aliphatic heterocycles. The molecule has 96 heavy (non-hydrogen) atoms. The van der Waals surface area contributed by atoms with Gasteiger partial charge >= 0.3 is 0 Å². The number of rotatable bonds is 13. The smallest absolute Gasteiger partial charge is 0.246 e. The first kappa shape index (κ1) is 81.1. The van der Waals surface area contributed by atoms with E-state index in [1.54, 1.807) is 25.7 Å². The van der Waals surface area contributed by atoms with E-state index in [0.29, 0.717) is 67.5 Å². The predicted molar refractivity (Wildman–Crippen MR) is 378 cm³/mol. The molecular formula is C70H116ClIN12O12. The first-order chi connectivity index (χ1) is 44.9. The lowest BCUT2D eigenvalue weighted by Gasteiger charge is -2.45. The van der Waals surface area contributed by atoms with Crippen molar-refractivity contribution in [2.45, 2.75) is 260 Å². The van der Waals surface area contributed by atoms with Crippen LogP contribution >= 0.6 is 34.2 Å². The van der Waals surface area contributed by atoms with Gasteiger partial charge in [0.15, 0.2) is 0 Å². The van der Waals surface area contributed by atoms with Crippen molar-refractivity contribution in [3.05, 3.63) is 12.2 Å². The van der Waals surface area contributed by atoms with E-state index in [9.17, 15) is 52.7 Å². The highest BCUT2D eigenvalue weighted by Crippen LogP contribution is 2.35. The Bertz CT molecular complexity index is 2790. The van der Waals surface area contributed by atoms with Crippen LogP contribution in [0.15, 0.2) is 12.2 Å². The summed E-state index contributed by atoms with van der Waals surface area (Å²) in [5, 5.41) is 11.6. The summed E-state index contributed by atoms with van der Waals surface area (Å²) in [6.45, 7) is 21.9. The summed E-state index contributed by atoms with van der Waals surface area (Å²) < 4.78 is 0.328. The zero-order chi connectivity index (χ0) is 72.0. The third kappa shape index (κ3) is 21.5. The molecule has 4 N–H and O–H groups in total. The summed E-state index contributed by atoms with van der Waals surface area (Å²) in [5.74, 6) is -8.16. The summed E-state index contributed by atoms with van der Waals surface area (Å²) in [6.07, 6.45) is 9.39. The minimum atomic E-state index is -1.70. The lowest BCUT2D eigenvalue weighted by molar-refractivity contribution is -0.160. The number of nitrogens with zero attached hydrogens (tertiary/aromatic N) is 8. The standard InChI is InChI=1S/C70H116ClIN12O12/c1-18-44(8)59-68(95)78(13)45(9)62(89)84-32-29-53(84)66(93)81(16)55(38-46-25-27-48(71)28-26-46)65(92)77(12)40-57(85)73-50(37-47-23-22-24-49(72)36-47)60(87)74-52(34-42(4)5)64(91)82(17)70(10,11)69(96)75-51(33-41(2)3)63(90)80(15)56(67(94)83-30-20-19-21-31-83)39-58(86)79(14)54(35-43(6)7)61(88)76-59/h41,43-56,59H,4,18-40H2,1-3,5-17H3,(H,73,85)(H,74,87)(H,75,96)(H,76,88)/t44-,45-,46?,47?,48?,49?,50-,51-,52-,53-,54-,55-,56-,59-/m0/s1. The van der Waals surface area contributed by atoms with Gasteiger partial charge in [-0.2, -0.15) is 0 Å². The molecule has 542 valence electrons. The van der Waals surface area contributed by atoms with Crippen molar-refractivity contribution in [3.8, 4) is 0 Å². The fourth-order valence-electron chi connectivity index (χ4n) is 13.9. The number of carbonyl (C=O) groups excluding carboxylic acids is 12. The van der Waals surface area contributed by atoms with E-state index in [2.05, 4.69) is 50.4 Å². The molecule has 2 unspecified atom stereocenters. The van der Waals surface area contributed by atoms with Crippen LogP contribution in [-0.4, -0.2) is 248 Å². The van der Waals surface area contributed by atoms with Crippen molar-refractivity contribution in [3.63, 3.8) is 0 Å². The van der Waals surface area contributed by atoms with Gasteiger partial charge in [0.2, 0.25) is 70.9 Å². The molecule has 24 nitrogen and oxygen atoms in total. The van der Waals surface area contributed by atoms with Gasteiger partial charge in [0.25, 0.3) is 0 Å². The largest absolute Gasteiger partial charge is 0.343 e. The second kappa shape index (κ2) is 36.5. The lowest BCUT2D eigenvalue weighted by atomic mass is 9.83. The highest BCUT2D eigenvalue weighted by Gasteiger charge is 2.48. The zero-order valence-electron chi connectivity index (χ0n) is 60.4. The molecule has 12 amide bonds. The first-order valence-electron chi connectivity index (χ1n) is 35.2. The SMILES string of the molecule is C=C(C)C[C@@H]1NC(=O)[C@H](CC2CCCC(I)C2)NC(=O)CN(C)C(=O)[C@H](CC2CCC(Cl)CC2)N(C)C(=O)[C@@H]2CCN2C(=O)[C@H](C)N(C)C(=O)[C@H]([C@@H](C)CC)NC(=O)[C@H](CC(C)C)N(C)C(=O)C[C@@H](C(=O)N2CCCCC2)N(C)C(=O)[C@H](CC(C)C)NC(=O)C(C)(C)N(C)C1=O. The number of carbonyl (C=O) groups is 12. The molecule has 3 heterocycles. The number of alkyl halides is 2. The van der Waals surface area contributed by atoms with Gasteiger partial charge in [0.05, 0.1) is 13.0 Å². The number of piperidine rings is 1. The Hall–Kier alpha value is -5.60. The van der Waals surface area contributed by atoms with Gasteiger partial charge in [-0.1, -0.05) is 89.0 Å². The summed E-state index contributed by atoms with van der Waals surface area (Å²) in [4.78, 5) is 189. The van der Waals surface area contributed by atoms with E-state index in [4.69, 9.17) is 11.6 Å². The molecule has 3 saturated heterocycles. The van der Waals surface area contributed by atoms with Crippen molar-refractivity contribution >= 4 is 105 Å². The van der Waals surface area contributed by atoms with Gasteiger partial charge < -0.3 is 60.5 Å². The van der Waals surface area contributed by atoms with E-state index in [0.717, 1.165) is 32.1 Å². The first-order valence-corrected chi connectivity index (χ1v) is 36.9. The monoisotopic (exact) mass is 1480 g/mol. The molecule has 12 atom stereocenters. The van der Waals surface area contributed by atoms with E-state index in [1.165, 1.54) is 90.4 Å². The van der Waals surface area contributed by atoms with Crippen LogP contribution in [0.4, 0.5) is 0 Å². The molecular weight excluding hydrogens is 1360 g/mol. The van der Waals surface area contributed by atoms with Crippen LogP contribution in [0.5, 0.6) is 0 Å². The lowest BCUT2D eigenvalue weighted by Crippen LogP contribution is -2.65. The highest BCUT2D eigenvalue weighted by molar-refractivity contribution is 14.1. The second-order valence-corrected chi connectivity index (χ2v) is 32.2. The average molecular weight is 1480 g/mol. The molecule has 0 aromatic rings. The van der Waals surface area contributed by atoms with Crippen molar-refractivity contribution < 1.29 is 57.5 Å². The Balaban J connectivity index is 1.62. The maximum absolute atomic E-state index is 15.2. The van der Waals surface area contributed by atoms with Gasteiger partial charge in [-0.3, -0.25) is 57.5 Å². The highest BCUT2D eigenvalue weighted by atomic mass is 127. The number of amides is 12. The minimum Gasteiger partial charge on any atom is -0.343 e. The summed E-state index contributed by atoms with van der Waals surface area (Å²) >= 11 is 8.95. The molecule has 26 heteroatoms. The molecule has 0 spiro atoms. The fourth-order valence-corrected chi connectivity index (χ4v) is 15.3. The Morgan fingerprint density at radius 2 is 1.25 bits per heavy atom. The van der Waals surface area contributed by atoms with Crippen LogP contribution in [0.1, 0.15) is 191 Å². The maximum atomic E-state index is 15.2. The third-order valence-corrected chi connectivity index (χ3v) is 22.5. The number of hydrogen-bond acceptors (Lipinski definition) is 12. The zero-order valence-corrected chi connectivity index (χ0v) is 63.4. The quantitative estimate of drug-likeness (QED) is 0.0991. The Labute approximate surface area is 590 Å². The topological polar surface area (TPSA) is 279 Å². The number of halogens is 2. The molecule has 0 radical (unpaired) electrons. The van der Waals surface area contributed by atoms with Crippen molar-refractivity contribution in [1.29, 1.82) is 0 Å². The summed E-state index contributed by atoms with van der Waals surface area (Å²) in [6, 6.07) is -10.7. The van der Waals surface area contributed by atoms with Crippen molar-refractivity contribution in [1.82, 2.24) is 60.5 Å². The Kier molecular flexibility index (Phi) is 30.8. The minimum absolute atomic E-state index is 0.00363. The van der Waals surface area contributed by atoms with Crippen LogP contribution in [0.2, 0.25) is 0 Å². The Morgan fingerprint density at radius 1 is 0.625 bits per heavy atom. The van der Waals surface area contributed by atoms with Gasteiger partial charge in [-0.25, -0.2) is 0 Å². The number of nitrogens with one attached hydrogen (secondary N) is 4. The van der Waals surface area contributed by atoms with Crippen LogP contribution < -0.4 is 21.3 Å². The van der Waals surface area contributed by atoms with Crippen molar-refractivity contribution in [2.75, 3.05) is 68.5 Å². The maximum Gasteiger partial charge on any atom is 0.246 e. The molecule has 5 aliphatic rings. The van der Waals surface area contributed by atoms with Gasteiger partial charge in [0, 0.05) is 71.2 Å². The molecule has 5 rings (SSSR count). The number of fused-ring (bicyclic) bond motifs is 1. The van der Waals surface area contributed by atoms with E-state index >= 15 is 4.79 Å². The summed E-state index contributed by atoms with van der Waals surface area (Å²) in [5.41, 5.74) is -1.17. The number of likely N-dealkylation sites (N-methyl/N-ethyl adjacent to an activating group) is 6. The number of likely N-dealkylation sites (tertiary alicyclic amines) is 1. The molecule has 0 aromatic carbocycles. The van der Waals surface area contributed by atoms with E-state index < -0.39 is 150 Å². The third-order valence-electron chi connectivity index (χ3n) is 21.0. The average Bonchev–Trinajstić information content (AvgIpc) is 0.791. The molecule has 0 bridgehead atoms. The molecule has 0 aromatic heterocycles. The molecule has 5 fully saturated rings. The number of hydrogen-bond donors (Lipinski definition) is 4. The van der Waals surface area contributed by atoms with Crippen LogP contribution in [0, 0.1) is 29.6 Å². The van der Waals surface area contributed by atoms with Crippen LogP contribution in [0.25, 0.3) is 0 Å². The summed E-state index contributed by atoms with van der Waals surface area (Å²) in [7, 11) is 8.72. The normalized spacial score (nSPS) is 30.8. The van der Waals surface area contributed by atoms with Gasteiger partial charge in [-0.05, 0) is 154 Å². The van der Waals surface area contributed by atoms with Crippen LogP contribution in [0.3, 0.4) is 0 Å². The van der Waals surface area contributed by atoms with Gasteiger partial charge in [-0.15, -0.1) is 18.2 Å². The van der Waals surface area contributed by atoms with E-state index in [1.807, 2.05) is 34.6 Å². The van der Waals surface area contributed by atoms with Gasteiger partial charge in [0.1, 0.15) is 59.9 Å². The molecule has 2 saturated carbocycles. The Morgan fingerprint density at radius 3 is 1.81 bits per heavy atom. The van der Waals surface area contributed by atoms with Crippen molar-refractivity contribution in [2.24, 2.45) is 29.6 Å². The van der Waals surface area contributed by atoms with Crippen LogP contribution in [-0.2, 0) is 57.5 Å². The van der Waals surface area contributed by atoms with E-state index in [-0.39, 0.29) is 74.1 Å². The predicted octanol–water partition coefficient (Wildman–Crippen LogP) is 5.64. The second-order valence-electron chi connectivity index (χ2n) is 29.9.